The van der Waals surface area contributed by atoms with E-state index in [1.165, 1.54) is 7.05 Å². The summed E-state index contributed by atoms with van der Waals surface area (Å²) in [5.41, 5.74) is 0.964. The summed E-state index contributed by atoms with van der Waals surface area (Å²) in [5, 5.41) is 3.31. The second-order valence-corrected chi connectivity index (χ2v) is 7.43. The van der Waals surface area contributed by atoms with E-state index < -0.39 is 10.0 Å². The van der Waals surface area contributed by atoms with Crippen LogP contribution in [0, 0.1) is 0 Å². The van der Waals surface area contributed by atoms with E-state index in [-0.39, 0.29) is 23.2 Å². The van der Waals surface area contributed by atoms with Gasteiger partial charge in [-0.05, 0) is 38.1 Å². The number of hydrogen-bond acceptors (Lipinski definition) is 4. The zero-order valence-corrected chi connectivity index (χ0v) is 15.0. The van der Waals surface area contributed by atoms with Crippen LogP contribution in [0.2, 0.25) is 0 Å². The Hall–Kier alpha value is -1.15. The number of aryl methyl sites for hydroxylation is 1. The van der Waals surface area contributed by atoms with E-state index in [0.29, 0.717) is 18.9 Å². The Kier molecular flexibility index (Phi) is 7.47. The van der Waals surface area contributed by atoms with Crippen molar-refractivity contribution in [1.29, 1.82) is 0 Å². The van der Waals surface area contributed by atoms with Gasteiger partial charge in [0.25, 0.3) is 0 Å². The Bertz CT molecular complexity index is 619. The molecule has 1 atom stereocenters. The minimum Gasteiger partial charge on any atom is -0.340 e. The highest BCUT2D eigenvalue weighted by Gasteiger charge is 2.20. The molecule has 2 N–H and O–H groups in total. The first-order valence-corrected chi connectivity index (χ1v) is 8.94. The molecule has 0 aromatic heterocycles. The van der Waals surface area contributed by atoms with Crippen molar-refractivity contribution in [2.45, 2.75) is 30.7 Å². The lowest BCUT2D eigenvalue weighted by atomic mass is 10.1. The van der Waals surface area contributed by atoms with Gasteiger partial charge in [0, 0.05) is 32.1 Å². The fraction of sp³-hybridized carbons (Fsp3) is 0.533. The first kappa shape index (κ1) is 19.9. The molecule has 1 heterocycles. The van der Waals surface area contributed by atoms with Crippen molar-refractivity contribution < 1.29 is 13.2 Å². The van der Waals surface area contributed by atoms with E-state index in [2.05, 4.69) is 17.0 Å². The Labute approximate surface area is 144 Å². The molecule has 1 amide bonds. The van der Waals surface area contributed by atoms with Crippen LogP contribution >= 0.6 is 12.4 Å². The Balaban J connectivity index is 0.00000264. The summed E-state index contributed by atoms with van der Waals surface area (Å²) in [7, 11) is -2.02. The third kappa shape index (κ3) is 5.46. The number of rotatable bonds is 5. The summed E-state index contributed by atoms with van der Waals surface area (Å²) in [4.78, 5) is 14.3. The molecule has 1 unspecified atom stereocenters. The molecule has 1 aliphatic rings. The van der Waals surface area contributed by atoms with Gasteiger partial charge in [-0.25, -0.2) is 13.1 Å². The Morgan fingerprint density at radius 3 is 2.57 bits per heavy atom. The van der Waals surface area contributed by atoms with Crippen LogP contribution in [0.25, 0.3) is 0 Å². The number of carbonyl (C=O) groups is 1. The highest BCUT2D eigenvalue weighted by molar-refractivity contribution is 7.89. The lowest BCUT2D eigenvalue weighted by Crippen LogP contribution is -2.51. The van der Waals surface area contributed by atoms with E-state index in [1.807, 2.05) is 4.90 Å². The Morgan fingerprint density at radius 2 is 2.00 bits per heavy atom. The minimum atomic E-state index is -3.40. The molecular weight excluding hydrogens is 338 g/mol. The average Bonchev–Trinajstić information content (AvgIpc) is 2.53. The maximum absolute atomic E-state index is 12.2. The molecule has 0 saturated carbocycles. The summed E-state index contributed by atoms with van der Waals surface area (Å²) in [6.07, 6.45) is 1.07. The molecular formula is C15H24ClN3O3S. The molecule has 1 aromatic carbocycles. The van der Waals surface area contributed by atoms with Crippen molar-refractivity contribution in [3.05, 3.63) is 29.8 Å². The van der Waals surface area contributed by atoms with Crippen LogP contribution in [0.3, 0.4) is 0 Å². The number of piperazine rings is 1. The fourth-order valence-corrected chi connectivity index (χ4v) is 3.25. The predicted octanol–water partition coefficient (Wildman–Crippen LogP) is 0.769. The fourth-order valence-electron chi connectivity index (χ4n) is 2.52. The van der Waals surface area contributed by atoms with Gasteiger partial charge in [-0.1, -0.05) is 12.1 Å². The van der Waals surface area contributed by atoms with E-state index >= 15 is 0 Å². The number of amides is 1. The van der Waals surface area contributed by atoms with Gasteiger partial charge in [0.05, 0.1) is 4.90 Å². The topological polar surface area (TPSA) is 78.5 Å². The molecule has 0 bridgehead atoms. The second kappa shape index (κ2) is 8.63. The van der Waals surface area contributed by atoms with E-state index in [4.69, 9.17) is 0 Å². The zero-order chi connectivity index (χ0) is 16.2. The van der Waals surface area contributed by atoms with Crippen molar-refractivity contribution in [2.75, 3.05) is 26.7 Å². The first-order valence-electron chi connectivity index (χ1n) is 7.46. The average molecular weight is 362 g/mol. The summed E-state index contributed by atoms with van der Waals surface area (Å²) in [6, 6.07) is 7.00. The number of sulfonamides is 1. The molecule has 23 heavy (non-hydrogen) atoms. The van der Waals surface area contributed by atoms with Gasteiger partial charge in [-0.15, -0.1) is 12.4 Å². The van der Waals surface area contributed by atoms with Crippen molar-refractivity contribution in [3.63, 3.8) is 0 Å². The van der Waals surface area contributed by atoms with Crippen molar-refractivity contribution in [1.82, 2.24) is 14.9 Å². The van der Waals surface area contributed by atoms with Gasteiger partial charge < -0.3 is 10.2 Å². The standard InChI is InChI=1S/C15H23N3O3S.ClH/c1-12-11-18(10-9-17-12)15(19)8-5-13-3-6-14(7-4-13)22(20,21)16-2;/h3-4,6-7,12,16-17H,5,8-11H2,1-2H3;1H. The summed E-state index contributed by atoms with van der Waals surface area (Å²) < 4.78 is 25.6. The van der Waals surface area contributed by atoms with E-state index in [0.717, 1.165) is 25.2 Å². The summed E-state index contributed by atoms with van der Waals surface area (Å²) in [6.45, 7) is 4.41. The highest BCUT2D eigenvalue weighted by Crippen LogP contribution is 2.12. The molecule has 1 saturated heterocycles. The molecule has 130 valence electrons. The van der Waals surface area contributed by atoms with Gasteiger partial charge >= 0.3 is 0 Å². The van der Waals surface area contributed by atoms with Gasteiger partial charge in [-0.3, -0.25) is 4.79 Å². The maximum Gasteiger partial charge on any atom is 0.240 e. The smallest absolute Gasteiger partial charge is 0.240 e. The molecule has 0 spiro atoms. The normalized spacial score (nSPS) is 18.3. The maximum atomic E-state index is 12.2. The lowest BCUT2D eigenvalue weighted by Gasteiger charge is -2.32. The second-order valence-electron chi connectivity index (χ2n) is 5.55. The molecule has 8 heteroatoms. The molecule has 2 rings (SSSR count). The zero-order valence-electron chi connectivity index (χ0n) is 13.4. The number of nitrogens with zero attached hydrogens (tertiary/aromatic N) is 1. The Morgan fingerprint density at radius 1 is 1.35 bits per heavy atom. The molecule has 1 aliphatic heterocycles. The predicted molar refractivity (Wildman–Crippen MR) is 92.3 cm³/mol. The van der Waals surface area contributed by atoms with E-state index in [9.17, 15) is 13.2 Å². The third-order valence-electron chi connectivity index (χ3n) is 3.85. The van der Waals surface area contributed by atoms with Crippen LogP contribution in [0.15, 0.2) is 29.2 Å². The number of halogens is 1. The van der Waals surface area contributed by atoms with E-state index in [1.54, 1.807) is 24.3 Å². The van der Waals surface area contributed by atoms with Gasteiger partial charge in [0.15, 0.2) is 0 Å². The number of carbonyl (C=O) groups excluding carboxylic acids is 1. The van der Waals surface area contributed by atoms with Crippen LogP contribution in [0.5, 0.6) is 0 Å². The lowest BCUT2D eigenvalue weighted by molar-refractivity contribution is -0.132. The van der Waals surface area contributed by atoms with Crippen LogP contribution in [-0.2, 0) is 21.2 Å². The van der Waals surface area contributed by atoms with Crippen molar-refractivity contribution >= 4 is 28.3 Å². The molecule has 0 aliphatic carbocycles. The monoisotopic (exact) mass is 361 g/mol. The number of hydrogen-bond donors (Lipinski definition) is 2. The van der Waals surface area contributed by atoms with Crippen LogP contribution in [0.4, 0.5) is 0 Å². The first-order chi connectivity index (χ1) is 10.4. The van der Waals surface area contributed by atoms with Crippen LogP contribution in [0.1, 0.15) is 18.9 Å². The largest absolute Gasteiger partial charge is 0.340 e. The number of benzene rings is 1. The van der Waals surface area contributed by atoms with Crippen LogP contribution < -0.4 is 10.0 Å². The molecule has 1 aromatic rings. The van der Waals surface area contributed by atoms with Gasteiger partial charge in [0.1, 0.15) is 0 Å². The van der Waals surface area contributed by atoms with Crippen LogP contribution in [-0.4, -0.2) is 51.9 Å². The minimum absolute atomic E-state index is 0. The SMILES string of the molecule is CNS(=O)(=O)c1ccc(CCC(=O)N2CCNC(C)C2)cc1.Cl. The molecule has 0 radical (unpaired) electrons. The quantitative estimate of drug-likeness (QED) is 0.812. The highest BCUT2D eigenvalue weighted by atomic mass is 35.5. The van der Waals surface area contributed by atoms with Gasteiger partial charge in [0.2, 0.25) is 15.9 Å². The summed E-state index contributed by atoms with van der Waals surface area (Å²) in [5.74, 6) is 0.153. The van der Waals surface area contributed by atoms with Crippen molar-refractivity contribution in [3.8, 4) is 0 Å². The summed E-state index contributed by atoms with van der Waals surface area (Å²) >= 11 is 0. The van der Waals surface area contributed by atoms with Crippen molar-refractivity contribution in [2.24, 2.45) is 0 Å². The molecule has 6 nitrogen and oxygen atoms in total. The number of nitrogens with one attached hydrogen (secondary N) is 2. The third-order valence-corrected chi connectivity index (χ3v) is 5.28. The van der Waals surface area contributed by atoms with Gasteiger partial charge in [-0.2, -0.15) is 0 Å². The molecule has 1 fully saturated rings.